The van der Waals surface area contributed by atoms with Gasteiger partial charge in [-0.15, -0.1) is 11.3 Å². The van der Waals surface area contributed by atoms with Crippen LogP contribution in [0.5, 0.6) is 5.75 Å². The molecule has 2 rings (SSSR count). The van der Waals surface area contributed by atoms with Crippen LogP contribution in [0, 0.1) is 5.82 Å². The molecule has 0 atom stereocenters. The summed E-state index contributed by atoms with van der Waals surface area (Å²) in [6.45, 7) is 1.01. The van der Waals surface area contributed by atoms with Gasteiger partial charge in [-0.1, -0.05) is 18.2 Å². The molecule has 1 N–H and O–H groups in total. The Labute approximate surface area is 104 Å². The minimum Gasteiger partial charge on any atom is -0.485 e. The molecule has 1 heterocycles. The van der Waals surface area contributed by atoms with E-state index >= 15 is 0 Å². The highest BCUT2D eigenvalue weighted by Gasteiger charge is 2.09. The van der Waals surface area contributed by atoms with Gasteiger partial charge in [0.25, 0.3) is 0 Å². The van der Waals surface area contributed by atoms with Crippen molar-refractivity contribution in [3.8, 4) is 5.75 Å². The molecular weight excluding hydrogens is 237 g/mol. The van der Waals surface area contributed by atoms with Crippen molar-refractivity contribution in [1.29, 1.82) is 0 Å². The molecule has 0 saturated heterocycles. The Bertz CT molecular complexity index is 470. The molecule has 17 heavy (non-hydrogen) atoms. The normalized spacial score (nSPS) is 10.5. The van der Waals surface area contributed by atoms with Crippen LogP contribution in [0.4, 0.5) is 4.39 Å². The second-order valence-electron chi connectivity index (χ2n) is 3.63. The number of rotatable bonds is 5. The number of para-hydroxylation sites is 1. The Morgan fingerprint density at radius 3 is 2.88 bits per heavy atom. The molecule has 0 aliphatic rings. The summed E-state index contributed by atoms with van der Waals surface area (Å²) in [6, 6.07) is 8.91. The molecule has 1 aromatic heterocycles. The standard InChI is InChI=1S/C13H14FNOS/c1-15-8-10-4-2-6-12(14)13(10)16-9-11-5-3-7-17-11/h2-7,15H,8-9H2,1H3. The highest BCUT2D eigenvalue weighted by Crippen LogP contribution is 2.24. The number of halogens is 1. The largest absolute Gasteiger partial charge is 0.485 e. The fourth-order valence-electron chi connectivity index (χ4n) is 1.58. The predicted molar refractivity (Wildman–Crippen MR) is 67.8 cm³/mol. The average Bonchev–Trinajstić information content (AvgIpc) is 2.82. The van der Waals surface area contributed by atoms with Crippen molar-refractivity contribution >= 4 is 11.3 Å². The molecular formula is C13H14FNOS. The molecule has 0 bridgehead atoms. The molecule has 0 amide bonds. The van der Waals surface area contributed by atoms with Gasteiger partial charge in [0.05, 0.1) is 0 Å². The fraction of sp³-hybridized carbons (Fsp3) is 0.231. The zero-order valence-electron chi connectivity index (χ0n) is 9.57. The van der Waals surface area contributed by atoms with Crippen LogP contribution in [0.1, 0.15) is 10.4 Å². The lowest BCUT2D eigenvalue weighted by molar-refractivity contribution is 0.289. The topological polar surface area (TPSA) is 21.3 Å². The first-order chi connectivity index (χ1) is 8.31. The van der Waals surface area contributed by atoms with Crippen LogP contribution in [-0.2, 0) is 13.2 Å². The van der Waals surface area contributed by atoms with E-state index in [9.17, 15) is 4.39 Å². The molecule has 2 aromatic rings. The van der Waals surface area contributed by atoms with Gasteiger partial charge in [0.1, 0.15) is 6.61 Å². The van der Waals surface area contributed by atoms with Crippen molar-refractivity contribution in [1.82, 2.24) is 5.32 Å². The lowest BCUT2D eigenvalue weighted by atomic mass is 10.2. The summed E-state index contributed by atoms with van der Waals surface area (Å²) in [4.78, 5) is 1.09. The van der Waals surface area contributed by atoms with Gasteiger partial charge in [-0.2, -0.15) is 0 Å². The first-order valence-corrected chi connectivity index (χ1v) is 6.26. The van der Waals surface area contributed by atoms with E-state index in [2.05, 4.69) is 5.32 Å². The lowest BCUT2D eigenvalue weighted by Crippen LogP contribution is -2.08. The van der Waals surface area contributed by atoms with Gasteiger partial charge in [-0.3, -0.25) is 0 Å². The van der Waals surface area contributed by atoms with Gasteiger partial charge >= 0.3 is 0 Å². The van der Waals surface area contributed by atoms with Gasteiger partial charge in [0.2, 0.25) is 0 Å². The molecule has 2 nitrogen and oxygen atoms in total. The predicted octanol–water partition coefficient (Wildman–Crippen LogP) is 3.19. The van der Waals surface area contributed by atoms with E-state index in [0.29, 0.717) is 18.9 Å². The Kier molecular flexibility index (Phi) is 4.12. The van der Waals surface area contributed by atoms with Crippen molar-refractivity contribution in [2.24, 2.45) is 0 Å². The smallest absolute Gasteiger partial charge is 0.165 e. The van der Waals surface area contributed by atoms with Gasteiger partial charge in [-0.05, 0) is 24.6 Å². The summed E-state index contributed by atoms with van der Waals surface area (Å²) in [6.07, 6.45) is 0. The second kappa shape index (κ2) is 5.80. The lowest BCUT2D eigenvalue weighted by Gasteiger charge is -2.11. The average molecular weight is 251 g/mol. The Morgan fingerprint density at radius 2 is 2.18 bits per heavy atom. The van der Waals surface area contributed by atoms with Crippen LogP contribution >= 0.6 is 11.3 Å². The van der Waals surface area contributed by atoms with E-state index in [1.807, 2.05) is 30.6 Å². The second-order valence-corrected chi connectivity index (χ2v) is 4.66. The van der Waals surface area contributed by atoms with E-state index in [1.165, 1.54) is 6.07 Å². The number of benzene rings is 1. The SMILES string of the molecule is CNCc1cccc(F)c1OCc1cccs1. The highest BCUT2D eigenvalue weighted by molar-refractivity contribution is 7.09. The maximum Gasteiger partial charge on any atom is 0.165 e. The maximum atomic E-state index is 13.7. The molecule has 0 radical (unpaired) electrons. The molecule has 0 aliphatic heterocycles. The van der Waals surface area contributed by atoms with Crippen molar-refractivity contribution in [3.05, 3.63) is 52.0 Å². The molecule has 1 aromatic carbocycles. The van der Waals surface area contributed by atoms with Gasteiger partial charge in [0.15, 0.2) is 11.6 Å². The van der Waals surface area contributed by atoms with Crippen LogP contribution in [-0.4, -0.2) is 7.05 Å². The van der Waals surface area contributed by atoms with Gasteiger partial charge in [-0.25, -0.2) is 4.39 Å². The first kappa shape index (κ1) is 12.1. The third-order valence-electron chi connectivity index (χ3n) is 2.35. The van der Waals surface area contributed by atoms with E-state index in [1.54, 1.807) is 17.4 Å². The van der Waals surface area contributed by atoms with Crippen molar-refractivity contribution in [2.75, 3.05) is 7.05 Å². The number of hydrogen-bond acceptors (Lipinski definition) is 3. The van der Waals surface area contributed by atoms with E-state index in [-0.39, 0.29) is 5.82 Å². The van der Waals surface area contributed by atoms with Gasteiger partial charge in [0, 0.05) is 17.0 Å². The number of ether oxygens (including phenoxy) is 1. The minimum absolute atomic E-state index is 0.311. The molecule has 90 valence electrons. The van der Waals surface area contributed by atoms with Crippen molar-refractivity contribution < 1.29 is 9.13 Å². The van der Waals surface area contributed by atoms with Crippen LogP contribution < -0.4 is 10.1 Å². The summed E-state index contributed by atoms with van der Waals surface area (Å²) in [5.41, 5.74) is 0.837. The number of hydrogen-bond donors (Lipinski definition) is 1. The summed E-state index contributed by atoms with van der Waals surface area (Å²) in [7, 11) is 1.83. The zero-order chi connectivity index (χ0) is 12.1. The van der Waals surface area contributed by atoms with Crippen LogP contribution in [0.15, 0.2) is 35.7 Å². The minimum atomic E-state index is -0.311. The molecule has 0 unspecified atom stereocenters. The third-order valence-corrected chi connectivity index (χ3v) is 3.20. The van der Waals surface area contributed by atoms with Gasteiger partial charge < -0.3 is 10.1 Å². The number of nitrogens with one attached hydrogen (secondary N) is 1. The molecule has 0 spiro atoms. The van der Waals surface area contributed by atoms with Crippen LogP contribution in [0.3, 0.4) is 0 Å². The first-order valence-electron chi connectivity index (χ1n) is 5.38. The molecule has 0 fully saturated rings. The fourth-order valence-corrected chi connectivity index (χ4v) is 2.20. The zero-order valence-corrected chi connectivity index (χ0v) is 10.4. The summed E-state index contributed by atoms with van der Waals surface area (Å²) < 4.78 is 19.2. The van der Waals surface area contributed by atoms with Crippen molar-refractivity contribution in [3.63, 3.8) is 0 Å². The summed E-state index contributed by atoms with van der Waals surface area (Å²) >= 11 is 1.60. The maximum absolute atomic E-state index is 13.7. The molecule has 4 heteroatoms. The van der Waals surface area contributed by atoms with E-state index in [0.717, 1.165) is 10.4 Å². The van der Waals surface area contributed by atoms with Crippen molar-refractivity contribution in [2.45, 2.75) is 13.2 Å². The highest BCUT2D eigenvalue weighted by atomic mass is 32.1. The Morgan fingerprint density at radius 1 is 1.29 bits per heavy atom. The summed E-state index contributed by atoms with van der Waals surface area (Å²) in [5.74, 6) is 0.0320. The quantitative estimate of drug-likeness (QED) is 0.881. The molecule has 0 aliphatic carbocycles. The number of thiophene rings is 1. The summed E-state index contributed by atoms with van der Waals surface area (Å²) in [5, 5.41) is 4.98. The third kappa shape index (κ3) is 3.05. The van der Waals surface area contributed by atoms with Crippen LogP contribution in [0.25, 0.3) is 0 Å². The molecule has 0 saturated carbocycles. The van der Waals surface area contributed by atoms with E-state index < -0.39 is 0 Å². The van der Waals surface area contributed by atoms with Crippen LogP contribution in [0.2, 0.25) is 0 Å². The monoisotopic (exact) mass is 251 g/mol. The Hall–Kier alpha value is -1.39. The Balaban J connectivity index is 2.13. The van der Waals surface area contributed by atoms with E-state index in [4.69, 9.17) is 4.74 Å².